The largest absolute Gasteiger partial charge is 0.497 e. The summed E-state index contributed by atoms with van der Waals surface area (Å²) in [7, 11) is 3.08. The number of nitrogens with one attached hydrogen (secondary N) is 2. The second-order valence-electron chi connectivity index (χ2n) is 6.43. The van der Waals surface area contributed by atoms with E-state index in [-0.39, 0.29) is 13.0 Å². The Bertz CT molecular complexity index is 883. The number of anilines is 1. The van der Waals surface area contributed by atoms with Crippen molar-refractivity contribution in [1.29, 1.82) is 0 Å². The minimum Gasteiger partial charge on any atom is -0.497 e. The quantitative estimate of drug-likeness (QED) is 0.654. The van der Waals surface area contributed by atoms with Crippen LogP contribution < -0.4 is 20.1 Å². The van der Waals surface area contributed by atoms with Gasteiger partial charge in [-0.3, -0.25) is 14.5 Å². The number of hydrogen-bond donors (Lipinski definition) is 2. The average molecular weight is 398 g/mol. The Hall–Kier alpha value is -3.62. The number of urea groups is 1. The zero-order valence-corrected chi connectivity index (χ0v) is 16.2. The number of benzene rings is 1. The van der Waals surface area contributed by atoms with Crippen LogP contribution in [0.1, 0.15) is 12.0 Å². The monoisotopic (exact) mass is 398 g/mol. The van der Waals surface area contributed by atoms with Gasteiger partial charge < -0.3 is 20.1 Å². The molecule has 29 heavy (non-hydrogen) atoms. The third-order valence-corrected chi connectivity index (χ3v) is 4.51. The second kappa shape index (κ2) is 9.05. The van der Waals surface area contributed by atoms with Gasteiger partial charge >= 0.3 is 6.03 Å². The molecule has 1 aliphatic rings. The number of imide groups is 1. The Morgan fingerprint density at radius 1 is 1.14 bits per heavy atom. The van der Waals surface area contributed by atoms with E-state index in [2.05, 4.69) is 15.6 Å². The molecule has 9 heteroatoms. The summed E-state index contributed by atoms with van der Waals surface area (Å²) in [5.74, 6) is 0.356. The third kappa shape index (κ3) is 5.01. The van der Waals surface area contributed by atoms with Crippen LogP contribution in [0.15, 0.2) is 42.6 Å². The van der Waals surface area contributed by atoms with Crippen molar-refractivity contribution in [3.05, 3.63) is 48.2 Å². The topological polar surface area (TPSA) is 110 Å². The van der Waals surface area contributed by atoms with Gasteiger partial charge in [-0.2, -0.15) is 0 Å². The van der Waals surface area contributed by atoms with E-state index in [0.717, 1.165) is 16.2 Å². The summed E-state index contributed by atoms with van der Waals surface area (Å²) >= 11 is 0. The van der Waals surface area contributed by atoms with E-state index < -0.39 is 23.9 Å². The lowest BCUT2D eigenvalue weighted by Crippen LogP contribution is -2.34. The third-order valence-electron chi connectivity index (χ3n) is 4.51. The standard InChI is InChI=1S/C20H22N4O5/c1-28-15-6-3-13(4-7-15)9-10-24-19(26)16(23-20(24)27)11-17(25)22-14-5-8-18(29-2)21-12-14/h3-8,12,16H,9-11H2,1-2H3,(H,22,25)(H,23,27)/t16-/m1/s1. The Kier molecular flexibility index (Phi) is 6.28. The Morgan fingerprint density at radius 2 is 1.90 bits per heavy atom. The molecular weight excluding hydrogens is 376 g/mol. The highest BCUT2D eigenvalue weighted by molar-refractivity contribution is 6.06. The molecule has 0 radical (unpaired) electrons. The van der Waals surface area contributed by atoms with Crippen molar-refractivity contribution in [2.75, 3.05) is 26.1 Å². The first-order valence-corrected chi connectivity index (χ1v) is 9.05. The van der Waals surface area contributed by atoms with Gasteiger partial charge in [-0.1, -0.05) is 12.1 Å². The molecule has 152 valence electrons. The highest BCUT2D eigenvalue weighted by atomic mass is 16.5. The Labute approximate surface area is 168 Å². The number of rotatable bonds is 8. The van der Waals surface area contributed by atoms with E-state index in [1.54, 1.807) is 19.2 Å². The van der Waals surface area contributed by atoms with Gasteiger partial charge in [-0.05, 0) is 30.2 Å². The van der Waals surface area contributed by atoms with Gasteiger partial charge in [-0.15, -0.1) is 0 Å². The number of amides is 4. The van der Waals surface area contributed by atoms with Gasteiger partial charge in [0.2, 0.25) is 11.8 Å². The van der Waals surface area contributed by atoms with Crippen molar-refractivity contribution in [3.63, 3.8) is 0 Å². The lowest BCUT2D eigenvalue weighted by Gasteiger charge is -2.13. The van der Waals surface area contributed by atoms with Crippen molar-refractivity contribution < 1.29 is 23.9 Å². The van der Waals surface area contributed by atoms with Crippen LogP contribution in [0.5, 0.6) is 11.6 Å². The van der Waals surface area contributed by atoms with Crippen LogP contribution in [0.25, 0.3) is 0 Å². The van der Waals surface area contributed by atoms with E-state index in [1.807, 2.05) is 24.3 Å². The Morgan fingerprint density at radius 3 is 2.52 bits per heavy atom. The van der Waals surface area contributed by atoms with Crippen LogP contribution in [0, 0.1) is 0 Å². The van der Waals surface area contributed by atoms with Crippen LogP contribution in [0.2, 0.25) is 0 Å². The molecule has 2 N–H and O–H groups in total. The van der Waals surface area contributed by atoms with Gasteiger partial charge in [0, 0.05) is 12.6 Å². The fraction of sp³-hybridized carbons (Fsp3) is 0.300. The maximum atomic E-state index is 12.5. The summed E-state index contributed by atoms with van der Waals surface area (Å²) in [6, 6.07) is 9.27. The molecule has 0 aliphatic carbocycles. The van der Waals surface area contributed by atoms with Gasteiger partial charge in [-0.25, -0.2) is 9.78 Å². The minimum absolute atomic E-state index is 0.157. The summed E-state index contributed by atoms with van der Waals surface area (Å²) in [5, 5.41) is 5.21. The van der Waals surface area contributed by atoms with Crippen molar-refractivity contribution >= 4 is 23.5 Å². The smallest absolute Gasteiger partial charge is 0.324 e. The van der Waals surface area contributed by atoms with Gasteiger partial charge in [0.25, 0.3) is 5.91 Å². The average Bonchev–Trinajstić information content (AvgIpc) is 2.99. The number of ether oxygens (including phenoxy) is 2. The first-order valence-electron chi connectivity index (χ1n) is 9.05. The first kappa shape index (κ1) is 20.1. The summed E-state index contributed by atoms with van der Waals surface area (Å²) in [5.41, 5.74) is 1.45. The van der Waals surface area contributed by atoms with Gasteiger partial charge in [0.05, 0.1) is 32.5 Å². The summed E-state index contributed by atoms with van der Waals surface area (Å²) in [6.07, 6.45) is 1.81. The molecular formula is C20H22N4O5. The zero-order chi connectivity index (χ0) is 20.8. The van der Waals surface area contributed by atoms with E-state index in [4.69, 9.17) is 9.47 Å². The van der Waals surface area contributed by atoms with E-state index in [0.29, 0.717) is 18.0 Å². The fourth-order valence-corrected chi connectivity index (χ4v) is 2.93. The number of hydrogen-bond acceptors (Lipinski definition) is 6. The molecule has 0 saturated carbocycles. The molecule has 9 nitrogen and oxygen atoms in total. The van der Waals surface area contributed by atoms with E-state index >= 15 is 0 Å². The van der Waals surface area contributed by atoms with Gasteiger partial charge in [0.15, 0.2) is 0 Å². The predicted octanol–water partition coefficient (Wildman–Crippen LogP) is 1.59. The zero-order valence-electron chi connectivity index (χ0n) is 16.2. The summed E-state index contributed by atoms with van der Waals surface area (Å²) < 4.78 is 10.1. The van der Waals surface area contributed by atoms with Crippen molar-refractivity contribution in [1.82, 2.24) is 15.2 Å². The minimum atomic E-state index is -0.885. The molecule has 1 aliphatic heterocycles. The molecule has 1 aromatic heterocycles. The highest BCUT2D eigenvalue weighted by Gasteiger charge is 2.38. The van der Waals surface area contributed by atoms with Crippen LogP contribution >= 0.6 is 0 Å². The normalized spacial score (nSPS) is 15.8. The molecule has 2 heterocycles. The van der Waals surface area contributed by atoms with Crippen LogP contribution in [-0.2, 0) is 16.0 Å². The predicted molar refractivity (Wildman–Crippen MR) is 105 cm³/mol. The maximum absolute atomic E-state index is 12.5. The highest BCUT2D eigenvalue weighted by Crippen LogP contribution is 2.16. The lowest BCUT2D eigenvalue weighted by atomic mass is 10.1. The number of aromatic nitrogens is 1. The fourth-order valence-electron chi connectivity index (χ4n) is 2.93. The maximum Gasteiger partial charge on any atom is 0.324 e. The number of carbonyl (C=O) groups is 3. The number of nitrogens with zero attached hydrogens (tertiary/aromatic N) is 2. The van der Waals surface area contributed by atoms with E-state index in [9.17, 15) is 14.4 Å². The van der Waals surface area contributed by atoms with Crippen molar-refractivity contribution in [2.45, 2.75) is 18.9 Å². The molecule has 4 amide bonds. The molecule has 1 fully saturated rings. The second-order valence-corrected chi connectivity index (χ2v) is 6.43. The van der Waals surface area contributed by atoms with Crippen molar-refractivity contribution in [2.24, 2.45) is 0 Å². The van der Waals surface area contributed by atoms with Crippen LogP contribution in [0.4, 0.5) is 10.5 Å². The van der Waals surface area contributed by atoms with E-state index in [1.165, 1.54) is 13.3 Å². The Balaban J connectivity index is 1.52. The molecule has 1 aromatic carbocycles. The SMILES string of the molecule is COc1ccc(CCN2C(=O)N[C@H](CC(=O)Nc3ccc(OC)nc3)C2=O)cc1. The molecule has 0 bridgehead atoms. The molecule has 1 atom stereocenters. The molecule has 0 spiro atoms. The molecule has 2 aromatic rings. The van der Waals surface area contributed by atoms with Crippen LogP contribution in [-0.4, -0.2) is 54.5 Å². The molecule has 3 rings (SSSR count). The van der Waals surface area contributed by atoms with Crippen LogP contribution in [0.3, 0.4) is 0 Å². The number of carbonyl (C=O) groups excluding carboxylic acids is 3. The number of methoxy groups -OCH3 is 2. The summed E-state index contributed by atoms with van der Waals surface area (Å²) in [4.78, 5) is 42.0. The number of pyridine rings is 1. The van der Waals surface area contributed by atoms with Gasteiger partial charge in [0.1, 0.15) is 11.8 Å². The summed E-state index contributed by atoms with van der Waals surface area (Å²) in [6.45, 7) is 0.234. The van der Waals surface area contributed by atoms with Crippen molar-refractivity contribution in [3.8, 4) is 11.6 Å². The molecule has 1 saturated heterocycles. The molecule has 0 unspecified atom stereocenters. The first-order chi connectivity index (χ1) is 14.0. The lowest BCUT2D eigenvalue weighted by molar-refractivity contribution is -0.129.